The van der Waals surface area contributed by atoms with Gasteiger partial charge in [-0.15, -0.1) is 0 Å². The lowest BCUT2D eigenvalue weighted by molar-refractivity contribution is 0.510. The molecule has 2 aromatic carbocycles. The molecule has 0 bridgehead atoms. The SMILES string of the molecule is CCC(NC1CC1c1ccccc1)c1ccc(Cl)cc1. The summed E-state index contributed by atoms with van der Waals surface area (Å²) in [4.78, 5) is 0. The van der Waals surface area contributed by atoms with E-state index in [0.717, 1.165) is 11.4 Å². The van der Waals surface area contributed by atoms with Crippen molar-refractivity contribution in [3.8, 4) is 0 Å². The third kappa shape index (κ3) is 3.05. The van der Waals surface area contributed by atoms with E-state index in [-0.39, 0.29) is 0 Å². The molecule has 3 rings (SSSR count). The Hall–Kier alpha value is -1.31. The molecule has 1 saturated carbocycles. The van der Waals surface area contributed by atoms with Crippen LogP contribution in [0.2, 0.25) is 5.02 Å². The third-order valence-corrected chi connectivity index (χ3v) is 4.37. The van der Waals surface area contributed by atoms with Crippen LogP contribution in [-0.2, 0) is 0 Å². The van der Waals surface area contributed by atoms with E-state index in [0.29, 0.717) is 18.0 Å². The van der Waals surface area contributed by atoms with Crippen molar-refractivity contribution in [3.63, 3.8) is 0 Å². The van der Waals surface area contributed by atoms with Gasteiger partial charge in [-0.2, -0.15) is 0 Å². The van der Waals surface area contributed by atoms with Crippen molar-refractivity contribution in [2.24, 2.45) is 0 Å². The standard InChI is InChI=1S/C18H20ClN/c1-2-17(14-8-10-15(19)11-9-14)20-18-12-16(18)13-6-4-3-5-7-13/h3-11,16-18,20H,2,12H2,1H3. The fourth-order valence-electron chi connectivity index (χ4n) is 2.85. The van der Waals surface area contributed by atoms with E-state index in [4.69, 9.17) is 11.6 Å². The Bertz CT molecular complexity index is 549. The van der Waals surface area contributed by atoms with Crippen LogP contribution in [0, 0.1) is 0 Å². The summed E-state index contributed by atoms with van der Waals surface area (Å²) in [6.07, 6.45) is 2.34. The number of hydrogen-bond acceptors (Lipinski definition) is 1. The molecule has 20 heavy (non-hydrogen) atoms. The molecule has 0 radical (unpaired) electrons. The van der Waals surface area contributed by atoms with Gasteiger partial charge in [0.2, 0.25) is 0 Å². The molecule has 0 amide bonds. The van der Waals surface area contributed by atoms with Crippen molar-refractivity contribution in [2.45, 2.75) is 37.8 Å². The van der Waals surface area contributed by atoms with Crippen LogP contribution < -0.4 is 5.32 Å². The first-order chi connectivity index (χ1) is 9.78. The summed E-state index contributed by atoms with van der Waals surface area (Å²) in [6, 6.07) is 20.0. The van der Waals surface area contributed by atoms with Crippen LogP contribution >= 0.6 is 11.6 Å². The van der Waals surface area contributed by atoms with Gasteiger partial charge in [-0.25, -0.2) is 0 Å². The molecule has 0 saturated heterocycles. The molecule has 0 aliphatic heterocycles. The minimum absolute atomic E-state index is 0.422. The van der Waals surface area contributed by atoms with Crippen molar-refractivity contribution < 1.29 is 0 Å². The Labute approximate surface area is 126 Å². The summed E-state index contributed by atoms with van der Waals surface area (Å²) >= 11 is 5.96. The van der Waals surface area contributed by atoms with Gasteiger partial charge in [-0.1, -0.05) is 61.0 Å². The van der Waals surface area contributed by atoms with E-state index in [2.05, 4.69) is 54.7 Å². The van der Waals surface area contributed by atoms with E-state index in [1.807, 2.05) is 12.1 Å². The lowest BCUT2D eigenvalue weighted by Gasteiger charge is -2.17. The van der Waals surface area contributed by atoms with Crippen LogP contribution in [0.25, 0.3) is 0 Å². The average Bonchev–Trinajstić information content (AvgIpc) is 3.26. The first kappa shape index (κ1) is 13.7. The summed E-state index contributed by atoms with van der Waals surface area (Å²) in [5.74, 6) is 0.678. The fraction of sp³-hybridized carbons (Fsp3) is 0.333. The highest BCUT2D eigenvalue weighted by Gasteiger charge is 2.39. The van der Waals surface area contributed by atoms with E-state index in [1.54, 1.807) is 0 Å². The Morgan fingerprint density at radius 1 is 1.10 bits per heavy atom. The Kier molecular flexibility index (Phi) is 4.09. The fourth-order valence-corrected chi connectivity index (χ4v) is 2.98. The molecule has 2 aromatic rings. The van der Waals surface area contributed by atoms with Crippen LogP contribution in [0.3, 0.4) is 0 Å². The van der Waals surface area contributed by atoms with Gasteiger partial charge in [0.15, 0.2) is 0 Å². The van der Waals surface area contributed by atoms with Gasteiger partial charge in [-0.05, 0) is 36.1 Å². The Balaban J connectivity index is 1.64. The molecule has 1 nitrogen and oxygen atoms in total. The van der Waals surface area contributed by atoms with Gasteiger partial charge in [0.05, 0.1) is 0 Å². The molecule has 1 fully saturated rings. The predicted octanol–water partition coefficient (Wildman–Crippen LogP) is 4.94. The van der Waals surface area contributed by atoms with Crippen LogP contribution in [-0.4, -0.2) is 6.04 Å². The van der Waals surface area contributed by atoms with Crippen molar-refractivity contribution in [1.82, 2.24) is 5.32 Å². The molecule has 3 atom stereocenters. The maximum Gasteiger partial charge on any atom is 0.0406 e. The maximum absolute atomic E-state index is 5.96. The van der Waals surface area contributed by atoms with E-state index < -0.39 is 0 Å². The third-order valence-electron chi connectivity index (χ3n) is 4.11. The highest BCUT2D eigenvalue weighted by molar-refractivity contribution is 6.30. The van der Waals surface area contributed by atoms with Crippen molar-refractivity contribution >= 4 is 11.6 Å². The number of hydrogen-bond donors (Lipinski definition) is 1. The zero-order chi connectivity index (χ0) is 13.9. The van der Waals surface area contributed by atoms with Gasteiger partial charge in [0.1, 0.15) is 0 Å². The Morgan fingerprint density at radius 3 is 2.45 bits per heavy atom. The first-order valence-corrected chi connectivity index (χ1v) is 7.72. The second kappa shape index (κ2) is 5.99. The molecular formula is C18H20ClN. The molecule has 104 valence electrons. The number of halogens is 1. The van der Waals surface area contributed by atoms with Crippen LogP contribution in [0.1, 0.15) is 42.9 Å². The molecular weight excluding hydrogens is 266 g/mol. The van der Waals surface area contributed by atoms with Crippen molar-refractivity contribution in [2.75, 3.05) is 0 Å². The number of rotatable bonds is 5. The molecule has 1 N–H and O–H groups in total. The van der Waals surface area contributed by atoms with Gasteiger partial charge in [-0.3, -0.25) is 0 Å². The second-order valence-electron chi connectivity index (χ2n) is 5.54. The minimum Gasteiger partial charge on any atom is -0.307 e. The van der Waals surface area contributed by atoms with E-state index >= 15 is 0 Å². The molecule has 0 spiro atoms. The maximum atomic E-state index is 5.96. The monoisotopic (exact) mass is 285 g/mol. The quantitative estimate of drug-likeness (QED) is 0.821. The van der Waals surface area contributed by atoms with Gasteiger partial charge in [0.25, 0.3) is 0 Å². The second-order valence-corrected chi connectivity index (χ2v) is 5.97. The zero-order valence-electron chi connectivity index (χ0n) is 11.7. The summed E-state index contributed by atoms with van der Waals surface area (Å²) in [7, 11) is 0. The van der Waals surface area contributed by atoms with Crippen LogP contribution in [0.15, 0.2) is 54.6 Å². The highest BCUT2D eigenvalue weighted by Crippen LogP contribution is 2.42. The van der Waals surface area contributed by atoms with E-state index in [9.17, 15) is 0 Å². The van der Waals surface area contributed by atoms with Gasteiger partial charge in [0, 0.05) is 23.0 Å². The zero-order valence-corrected chi connectivity index (χ0v) is 12.5. The van der Waals surface area contributed by atoms with Crippen LogP contribution in [0.4, 0.5) is 0 Å². The number of benzene rings is 2. The smallest absolute Gasteiger partial charge is 0.0406 e. The normalized spacial score (nSPS) is 22.5. The Morgan fingerprint density at radius 2 is 1.80 bits per heavy atom. The van der Waals surface area contributed by atoms with Crippen molar-refractivity contribution in [3.05, 3.63) is 70.7 Å². The molecule has 0 heterocycles. The summed E-state index contributed by atoms with van der Waals surface area (Å²) < 4.78 is 0. The topological polar surface area (TPSA) is 12.0 Å². The average molecular weight is 286 g/mol. The largest absolute Gasteiger partial charge is 0.307 e. The summed E-state index contributed by atoms with van der Waals surface area (Å²) in [5, 5.41) is 4.58. The lowest BCUT2D eigenvalue weighted by atomic mass is 10.0. The molecule has 2 heteroatoms. The van der Waals surface area contributed by atoms with Gasteiger partial charge >= 0.3 is 0 Å². The van der Waals surface area contributed by atoms with Crippen molar-refractivity contribution in [1.29, 1.82) is 0 Å². The summed E-state index contributed by atoms with van der Waals surface area (Å²) in [5.41, 5.74) is 2.78. The van der Waals surface area contributed by atoms with E-state index in [1.165, 1.54) is 17.5 Å². The molecule has 1 aliphatic rings. The first-order valence-electron chi connectivity index (χ1n) is 7.34. The minimum atomic E-state index is 0.422. The number of nitrogens with one attached hydrogen (secondary N) is 1. The summed E-state index contributed by atoms with van der Waals surface area (Å²) in [6.45, 7) is 2.23. The molecule has 3 unspecified atom stereocenters. The highest BCUT2D eigenvalue weighted by atomic mass is 35.5. The van der Waals surface area contributed by atoms with Gasteiger partial charge < -0.3 is 5.32 Å². The predicted molar refractivity (Wildman–Crippen MR) is 85.2 cm³/mol. The van der Waals surface area contributed by atoms with Crippen LogP contribution in [0.5, 0.6) is 0 Å². The molecule has 0 aromatic heterocycles. The molecule has 1 aliphatic carbocycles. The lowest BCUT2D eigenvalue weighted by Crippen LogP contribution is -2.24.